The number of carbonyl (C=O) groups excluding carboxylic acids is 2. The lowest BCUT2D eigenvalue weighted by Gasteiger charge is -2.45. The molecule has 5 rings (SSSR count). The van der Waals surface area contributed by atoms with Crippen LogP contribution in [0.5, 0.6) is 5.75 Å². The summed E-state index contributed by atoms with van der Waals surface area (Å²) in [4.78, 5) is 34.0. The van der Waals surface area contributed by atoms with Crippen molar-refractivity contribution in [3.8, 4) is 5.75 Å². The van der Waals surface area contributed by atoms with Crippen LogP contribution in [0.2, 0.25) is 0 Å². The monoisotopic (exact) mass is 498 g/mol. The Morgan fingerprint density at radius 1 is 1.03 bits per heavy atom. The van der Waals surface area contributed by atoms with Gasteiger partial charge in [0.05, 0.1) is 12.6 Å². The van der Waals surface area contributed by atoms with Gasteiger partial charge in [-0.05, 0) is 60.9 Å². The SMILES string of the molecule is COc1ccc(NC(=O)C2(N(Cc3cccnc3)C(=O)Cn3nnc4ccccc43)CCCCC2)cc1. The van der Waals surface area contributed by atoms with Crippen molar-refractivity contribution in [2.24, 2.45) is 0 Å². The maximum absolute atomic E-state index is 14.0. The summed E-state index contributed by atoms with van der Waals surface area (Å²) < 4.78 is 6.84. The van der Waals surface area contributed by atoms with Crippen LogP contribution in [0.4, 0.5) is 5.69 Å². The third-order valence-corrected chi connectivity index (χ3v) is 7.04. The van der Waals surface area contributed by atoms with Gasteiger partial charge in [0, 0.05) is 24.6 Å². The molecule has 2 aromatic carbocycles. The number of carbonyl (C=O) groups is 2. The number of anilines is 1. The van der Waals surface area contributed by atoms with E-state index in [0.29, 0.717) is 24.3 Å². The van der Waals surface area contributed by atoms with Crippen LogP contribution in [0.25, 0.3) is 11.0 Å². The Morgan fingerprint density at radius 2 is 1.81 bits per heavy atom. The second kappa shape index (κ2) is 10.8. The van der Waals surface area contributed by atoms with Gasteiger partial charge in [-0.1, -0.05) is 42.7 Å². The standard InChI is InChI=1S/C28H30N6O3/c1-37-23-13-11-22(12-14-23)30-27(36)28(15-5-2-6-16-28)33(19-21-8-7-17-29-18-21)26(35)20-34-25-10-4-3-9-24(25)31-32-34/h3-4,7-14,17-18H,2,5-6,15-16,19-20H2,1H3,(H,30,36). The first-order valence-corrected chi connectivity index (χ1v) is 12.5. The molecule has 4 aromatic rings. The molecule has 0 saturated heterocycles. The summed E-state index contributed by atoms with van der Waals surface area (Å²) in [5.41, 5.74) is 2.02. The van der Waals surface area contributed by atoms with E-state index in [4.69, 9.17) is 4.74 Å². The van der Waals surface area contributed by atoms with Crippen LogP contribution in [0.1, 0.15) is 37.7 Å². The first-order chi connectivity index (χ1) is 18.1. The van der Waals surface area contributed by atoms with Gasteiger partial charge in [0.15, 0.2) is 0 Å². The Kier molecular flexibility index (Phi) is 7.11. The number of amides is 2. The van der Waals surface area contributed by atoms with Gasteiger partial charge in [0.1, 0.15) is 23.3 Å². The first kappa shape index (κ1) is 24.4. The Labute approximate surface area is 215 Å². The van der Waals surface area contributed by atoms with Crippen LogP contribution >= 0.6 is 0 Å². The second-order valence-electron chi connectivity index (χ2n) is 9.35. The molecular weight excluding hydrogens is 468 g/mol. The lowest BCUT2D eigenvalue weighted by Crippen LogP contribution is -2.60. The van der Waals surface area contributed by atoms with E-state index < -0.39 is 5.54 Å². The number of nitrogens with one attached hydrogen (secondary N) is 1. The maximum atomic E-state index is 14.0. The number of methoxy groups -OCH3 is 1. The van der Waals surface area contributed by atoms with Crippen molar-refractivity contribution in [2.45, 2.75) is 50.7 Å². The van der Waals surface area contributed by atoms with E-state index >= 15 is 0 Å². The number of nitrogens with zero attached hydrogens (tertiary/aromatic N) is 5. The Hall–Kier alpha value is -4.27. The van der Waals surface area contributed by atoms with E-state index in [0.717, 1.165) is 35.9 Å². The molecule has 1 fully saturated rings. The zero-order valence-corrected chi connectivity index (χ0v) is 20.8. The molecule has 9 heteroatoms. The summed E-state index contributed by atoms with van der Waals surface area (Å²) in [6, 6.07) is 18.5. The van der Waals surface area contributed by atoms with Crippen molar-refractivity contribution < 1.29 is 14.3 Å². The minimum atomic E-state index is -0.999. The van der Waals surface area contributed by atoms with E-state index in [2.05, 4.69) is 20.6 Å². The van der Waals surface area contributed by atoms with Gasteiger partial charge in [-0.3, -0.25) is 14.6 Å². The largest absolute Gasteiger partial charge is 0.497 e. The fourth-order valence-corrected chi connectivity index (χ4v) is 5.08. The number of hydrogen-bond donors (Lipinski definition) is 1. The normalized spacial score (nSPS) is 14.7. The van der Waals surface area contributed by atoms with E-state index in [1.54, 1.807) is 41.2 Å². The van der Waals surface area contributed by atoms with Crippen LogP contribution in [0, 0.1) is 0 Å². The third kappa shape index (κ3) is 5.16. The average molecular weight is 499 g/mol. The molecule has 0 unspecified atom stereocenters. The second-order valence-corrected chi connectivity index (χ2v) is 9.35. The summed E-state index contributed by atoms with van der Waals surface area (Å²) in [6.45, 7) is 0.258. The molecule has 1 N–H and O–H groups in total. The summed E-state index contributed by atoms with van der Waals surface area (Å²) in [5, 5.41) is 11.5. The maximum Gasteiger partial charge on any atom is 0.250 e. The van der Waals surface area contributed by atoms with Crippen molar-refractivity contribution >= 4 is 28.5 Å². The van der Waals surface area contributed by atoms with Crippen molar-refractivity contribution in [3.63, 3.8) is 0 Å². The molecule has 2 aromatic heterocycles. The molecule has 37 heavy (non-hydrogen) atoms. The highest BCUT2D eigenvalue weighted by Gasteiger charge is 2.47. The highest BCUT2D eigenvalue weighted by molar-refractivity contribution is 6.00. The van der Waals surface area contributed by atoms with Crippen LogP contribution < -0.4 is 10.1 Å². The minimum Gasteiger partial charge on any atom is -0.497 e. The molecule has 2 heterocycles. The lowest BCUT2D eigenvalue weighted by molar-refractivity contribution is -0.149. The molecule has 1 aliphatic rings. The molecule has 0 spiro atoms. The zero-order chi connectivity index (χ0) is 25.7. The van der Waals surface area contributed by atoms with E-state index in [1.165, 1.54) is 0 Å². The Balaban J connectivity index is 1.49. The third-order valence-electron chi connectivity index (χ3n) is 7.04. The van der Waals surface area contributed by atoms with Gasteiger partial charge in [-0.15, -0.1) is 5.10 Å². The molecule has 9 nitrogen and oxygen atoms in total. The van der Waals surface area contributed by atoms with Crippen LogP contribution in [0.3, 0.4) is 0 Å². The molecule has 0 aliphatic heterocycles. The van der Waals surface area contributed by atoms with Gasteiger partial charge >= 0.3 is 0 Å². The van der Waals surface area contributed by atoms with Gasteiger partial charge in [-0.25, -0.2) is 4.68 Å². The van der Waals surface area contributed by atoms with E-state index in [-0.39, 0.29) is 24.9 Å². The number of ether oxygens (including phenoxy) is 1. The van der Waals surface area contributed by atoms with Gasteiger partial charge in [-0.2, -0.15) is 0 Å². The molecule has 1 saturated carbocycles. The molecule has 0 radical (unpaired) electrons. The predicted octanol–water partition coefficient (Wildman–Crippen LogP) is 4.21. The Bertz CT molecular complexity index is 1360. The number of fused-ring (bicyclic) bond motifs is 1. The van der Waals surface area contributed by atoms with E-state index in [9.17, 15) is 9.59 Å². The van der Waals surface area contributed by atoms with Crippen LogP contribution in [0.15, 0.2) is 73.1 Å². The molecular formula is C28H30N6O3. The van der Waals surface area contributed by atoms with E-state index in [1.807, 2.05) is 48.5 Å². The van der Waals surface area contributed by atoms with Crippen molar-refractivity contribution in [2.75, 3.05) is 12.4 Å². The van der Waals surface area contributed by atoms with Crippen LogP contribution in [-0.4, -0.2) is 49.3 Å². The fourth-order valence-electron chi connectivity index (χ4n) is 5.08. The Morgan fingerprint density at radius 3 is 2.54 bits per heavy atom. The number of hydrogen-bond acceptors (Lipinski definition) is 6. The molecule has 190 valence electrons. The number of para-hydroxylation sites is 1. The smallest absolute Gasteiger partial charge is 0.250 e. The minimum absolute atomic E-state index is 0.0155. The van der Waals surface area contributed by atoms with Crippen molar-refractivity contribution in [3.05, 3.63) is 78.6 Å². The molecule has 1 aliphatic carbocycles. The number of benzene rings is 2. The average Bonchev–Trinajstić information content (AvgIpc) is 3.35. The summed E-state index contributed by atoms with van der Waals surface area (Å²) >= 11 is 0. The summed E-state index contributed by atoms with van der Waals surface area (Å²) in [6.07, 6.45) is 7.35. The molecule has 0 atom stereocenters. The first-order valence-electron chi connectivity index (χ1n) is 12.5. The van der Waals surface area contributed by atoms with Gasteiger partial charge in [0.2, 0.25) is 11.8 Å². The summed E-state index contributed by atoms with van der Waals surface area (Å²) in [5.74, 6) is 0.336. The number of rotatable bonds is 8. The molecule has 0 bridgehead atoms. The topological polar surface area (TPSA) is 102 Å². The highest BCUT2D eigenvalue weighted by Crippen LogP contribution is 2.36. The van der Waals surface area contributed by atoms with Gasteiger partial charge < -0.3 is 15.0 Å². The quantitative estimate of drug-likeness (QED) is 0.391. The lowest BCUT2D eigenvalue weighted by atomic mass is 9.78. The highest BCUT2D eigenvalue weighted by atomic mass is 16.5. The number of aromatic nitrogens is 4. The predicted molar refractivity (Wildman–Crippen MR) is 140 cm³/mol. The van der Waals surface area contributed by atoms with Gasteiger partial charge in [0.25, 0.3) is 0 Å². The number of pyridine rings is 1. The van der Waals surface area contributed by atoms with Crippen LogP contribution in [-0.2, 0) is 22.7 Å². The summed E-state index contributed by atoms with van der Waals surface area (Å²) in [7, 11) is 1.60. The van der Waals surface area contributed by atoms with Crippen molar-refractivity contribution in [1.82, 2.24) is 24.9 Å². The zero-order valence-electron chi connectivity index (χ0n) is 20.8. The fraction of sp³-hybridized carbons (Fsp3) is 0.321. The van der Waals surface area contributed by atoms with Crippen molar-refractivity contribution in [1.29, 1.82) is 0 Å². The molecule has 2 amide bonds.